The molecule has 0 aromatic heterocycles. The highest BCUT2D eigenvalue weighted by molar-refractivity contribution is 9.09. The van der Waals surface area contributed by atoms with Crippen LogP contribution >= 0.6 is 27.7 Å². The highest BCUT2D eigenvalue weighted by Gasteiger charge is 2.31. The van der Waals surface area contributed by atoms with E-state index in [1.165, 1.54) is 48.1 Å². The average Bonchev–Trinajstić information content (AvgIpc) is 2.80. The van der Waals surface area contributed by atoms with E-state index in [1.54, 1.807) is 0 Å². The van der Waals surface area contributed by atoms with E-state index < -0.39 is 0 Å². The van der Waals surface area contributed by atoms with Gasteiger partial charge in [-0.1, -0.05) is 47.0 Å². The summed E-state index contributed by atoms with van der Waals surface area (Å²) >= 11 is 5.71. The van der Waals surface area contributed by atoms with Crippen molar-refractivity contribution in [1.82, 2.24) is 0 Å². The molecule has 0 radical (unpaired) electrons. The normalized spacial score (nSPS) is 18.8. The van der Waals surface area contributed by atoms with Crippen LogP contribution in [0.25, 0.3) is 0 Å². The van der Waals surface area contributed by atoms with E-state index >= 15 is 0 Å². The molecule has 0 bridgehead atoms. The number of halogens is 1. The van der Waals surface area contributed by atoms with Crippen molar-refractivity contribution in [3.63, 3.8) is 0 Å². The molecule has 2 heteroatoms. The van der Waals surface area contributed by atoms with Crippen molar-refractivity contribution >= 4 is 27.7 Å². The predicted molar refractivity (Wildman–Crippen MR) is 76.5 cm³/mol. The molecule has 1 aliphatic carbocycles. The van der Waals surface area contributed by atoms with Crippen molar-refractivity contribution in [3.8, 4) is 0 Å². The van der Waals surface area contributed by atoms with Crippen LogP contribution in [0.4, 0.5) is 0 Å². The zero-order chi connectivity index (χ0) is 11.3. The fourth-order valence-electron chi connectivity index (χ4n) is 2.48. The van der Waals surface area contributed by atoms with Gasteiger partial charge in [0.1, 0.15) is 0 Å². The molecule has 1 saturated carbocycles. The third kappa shape index (κ3) is 3.27. The van der Waals surface area contributed by atoms with Gasteiger partial charge in [-0.25, -0.2) is 0 Å². The fourth-order valence-corrected chi connectivity index (χ4v) is 4.44. The number of benzene rings is 1. The van der Waals surface area contributed by atoms with E-state index in [1.807, 2.05) is 11.8 Å². The second kappa shape index (κ2) is 6.11. The first-order valence-corrected chi connectivity index (χ1v) is 8.19. The summed E-state index contributed by atoms with van der Waals surface area (Å²) < 4.78 is 0. The number of hydrogen-bond donors (Lipinski definition) is 0. The summed E-state index contributed by atoms with van der Waals surface area (Å²) in [4.78, 5) is 1.41. The molecule has 0 spiro atoms. The Bertz CT molecular complexity index is 304. The van der Waals surface area contributed by atoms with E-state index in [9.17, 15) is 0 Å². The molecule has 1 aromatic rings. The van der Waals surface area contributed by atoms with Gasteiger partial charge in [0.15, 0.2) is 0 Å². The Hall–Kier alpha value is 0.0500. The second-order valence-electron chi connectivity index (χ2n) is 4.75. The summed E-state index contributed by atoms with van der Waals surface area (Å²) in [6, 6.07) is 10.7. The number of thioether (sulfide) groups is 1. The molecule has 0 N–H and O–H groups in total. The Morgan fingerprint density at radius 3 is 2.44 bits per heavy atom. The molecule has 1 fully saturated rings. The van der Waals surface area contributed by atoms with Crippen molar-refractivity contribution in [3.05, 3.63) is 30.3 Å². The lowest BCUT2D eigenvalue weighted by Gasteiger charge is -2.26. The Morgan fingerprint density at radius 2 is 1.81 bits per heavy atom. The van der Waals surface area contributed by atoms with E-state index in [2.05, 4.69) is 46.3 Å². The number of rotatable bonds is 5. The third-order valence-corrected chi connectivity index (χ3v) is 5.80. The highest BCUT2D eigenvalue weighted by atomic mass is 79.9. The van der Waals surface area contributed by atoms with Crippen LogP contribution < -0.4 is 0 Å². The molecular formula is C14H19BrS. The average molecular weight is 299 g/mol. The van der Waals surface area contributed by atoms with Crippen molar-refractivity contribution in [2.75, 3.05) is 11.1 Å². The molecule has 1 aromatic carbocycles. The first kappa shape index (κ1) is 12.5. The Labute approximate surface area is 111 Å². The lowest BCUT2D eigenvalue weighted by Crippen LogP contribution is -2.18. The minimum atomic E-state index is 0.613. The quantitative estimate of drug-likeness (QED) is 0.537. The maximum Gasteiger partial charge on any atom is 0.00882 e. The van der Waals surface area contributed by atoms with Gasteiger partial charge in [-0.15, -0.1) is 11.8 Å². The summed E-state index contributed by atoms with van der Waals surface area (Å²) in [6.07, 6.45) is 7.07. The molecule has 0 aliphatic heterocycles. The maximum absolute atomic E-state index is 3.71. The minimum Gasteiger partial charge on any atom is -0.126 e. The topological polar surface area (TPSA) is 0 Å². The SMILES string of the molecule is BrCC1(CCSc2ccccc2)CCCC1. The first-order chi connectivity index (χ1) is 7.85. The van der Waals surface area contributed by atoms with Crippen LogP contribution in [0.15, 0.2) is 35.2 Å². The predicted octanol–water partition coefficient (Wildman–Crippen LogP) is 5.12. The largest absolute Gasteiger partial charge is 0.126 e. The van der Waals surface area contributed by atoms with Crippen LogP contribution in [0.3, 0.4) is 0 Å². The summed E-state index contributed by atoms with van der Waals surface area (Å²) in [5, 5.41) is 1.19. The van der Waals surface area contributed by atoms with E-state index in [-0.39, 0.29) is 0 Å². The highest BCUT2D eigenvalue weighted by Crippen LogP contribution is 2.43. The molecule has 0 heterocycles. The van der Waals surface area contributed by atoms with Crippen molar-refractivity contribution < 1.29 is 0 Å². The summed E-state index contributed by atoms with van der Waals surface area (Å²) in [6.45, 7) is 0. The first-order valence-electron chi connectivity index (χ1n) is 6.08. The summed E-state index contributed by atoms with van der Waals surface area (Å²) in [5.74, 6) is 1.26. The van der Waals surface area contributed by atoms with Crippen molar-refractivity contribution in [2.24, 2.45) is 5.41 Å². The lowest BCUT2D eigenvalue weighted by atomic mass is 9.86. The van der Waals surface area contributed by atoms with Gasteiger partial charge in [0.2, 0.25) is 0 Å². The molecule has 0 unspecified atom stereocenters. The lowest BCUT2D eigenvalue weighted by molar-refractivity contribution is 0.338. The summed E-state index contributed by atoms with van der Waals surface area (Å²) in [5.41, 5.74) is 0.613. The second-order valence-corrected chi connectivity index (χ2v) is 6.48. The minimum absolute atomic E-state index is 0.613. The molecule has 1 aliphatic rings. The number of alkyl halides is 1. The van der Waals surface area contributed by atoms with Gasteiger partial charge in [0.05, 0.1) is 0 Å². The molecule has 16 heavy (non-hydrogen) atoms. The van der Waals surface area contributed by atoms with Crippen LogP contribution in [0, 0.1) is 5.41 Å². The fraction of sp³-hybridized carbons (Fsp3) is 0.571. The zero-order valence-electron chi connectivity index (χ0n) is 9.62. The monoisotopic (exact) mass is 298 g/mol. The van der Waals surface area contributed by atoms with E-state index in [4.69, 9.17) is 0 Å². The van der Waals surface area contributed by atoms with Crippen LogP contribution in [-0.4, -0.2) is 11.1 Å². The summed E-state index contributed by atoms with van der Waals surface area (Å²) in [7, 11) is 0. The van der Waals surface area contributed by atoms with Gasteiger partial charge in [-0.3, -0.25) is 0 Å². The van der Waals surface area contributed by atoms with E-state index in [0.29, 0.717) is 5.41 Å². The van der Waals surface area contributed by atoms with Gasteiger partial charge < -0.3 is 0 Å². The molecule has 88 valence electrons. The zero-order valence-corrected chi connectivity index (χ0v) is 12.0. The van der Waals surface area contributed by atoms with Gasteiger partial charge >= 0.3 is 0 Å². The van der Waals surface area contributed by atoms with Gasteiger partial charge in [0.25, 0.3) is 0 Å². The maximum atomic E-state index is 3.71. The molecular weight excluding hydrogens is 280 g/mol. The van der Waals surface area contributed by atoms with Crippen molar-refractivity contribution in [2.45, 2.75) is 37.0 Å². The van der Waals surface area contributed by atoms with Crippen LogP contribution in [-0.2, 0) is 0 Å². The van der Waals surface area contributed by atoms with E-state index in [0.717, 1.165) is 0 Å². The molecule has 2 rings (SSSR count). The van der Waals surface area contributed by atoms with Gasteiger partial charge in [-0.05, 0) is 42.6 Å². The van der Waals surface area contributed by atoms with Crippen molar-refractivity contribution in [1.29, 1.82) is 0 Å². The molecule has 0 nitrogen and oxygen atoms in total. The van der Waals surface area contributed by atoms with Crippen LogP contribution in [0.2, 0.25) is 0 Å². The standard InChI is InChI=1S/C14H19BrS/c15-12-14(8-4-5-9-14)10-11-16-13-6-2-1-3-7-13/h1-3,6-7H,4-5,8-12H2. The molecule has 0 atom stereocenters. The van der Waals surface area contributed by atoms with Crippen LogP contribution in [0.5, 0.6) is 0 Å². The Balaban J connectivity index is 1.79. The molecule has 0 amide bonds. The smallest absolute Gasteiger partial charge is 0.00882 e. The number of hydrogen-bond acceptors (Lipinski definition) is 1. The van der Waals surface area contributed by atoms with Gasteiger partial charge in [-0.2, -0.15) is 0 Å². The Kier molecular flexibility index (Phi) is 4.78. The molecule has 0 saturated heterocycles. The Morgan fingerprint density at radius 1 is 1.12 bits per heavy atom. The van der Waals surface area contributed by atoms with Gasteiger partial charge in [0, 0.05) is 10.2 Å². The third-order valence-electron chi connectivity index (χ3n) is 3.59. The van der Waals surface area contributed by atoms with Crippen LogP contribution in [0.1, 0.15) is 32.1 Å².